The average molecular weight is 366 g/mol. The molecule has 0 atom stereocenters. The number of amides is 3. The third kappa shape index (κ3) is 3.77. The number of rotatable bonds is 4. The number of primary amides is 1. The maximum absolute atomic E-state index is 12.8. The first-order valence-corrected chi connectivity index (χ1v) is 9.75. The van der Waals surface area contributed by atoms with Crippen molar-refractivity contribution in [3.63, 3.8) is 0 Å². The van der Waals surface area contributed by atoms with Crippen LogP contribution in [0.5, 0.6) is 0 Å². The average Bonchev–Trinajstić information content (AvgIpc) is 3.07. The molecular formula is C16H22N4O4S. The van der Waals surface area contributed by atoms with E-state index in [0.29, 0.717) is 18.0 Å². The molecule has 3 N–H and O–H groups in total. The number of carbonyl (C=O) groups is 2. The smallest absolute Gasteiger partial charge is 0.312 e. The highest BCUT2D eigenvalue weighted by molar-refractivity contribution is 7.89. The minimum atomic E-state index is -3.55. The van der Waals surface area contributed by atoms with Crippen LogP contribution in [0.3, 0.4) is 0 Å². The normalized spacial score (nSPS) is 18.0. The van der Waals surface area contributed by atoms with Crippen molar-refractivity contribution < 1.29 is 18.0 Å². The van der Waals surface area contributed by atoms with Crippen molar-refractivity contribution in [3.05, 3.63) is 29.3 Å². The van der Waals surface area contributed by atoms with Gasteiger partial charge in [0.1, 0.15) is 0 Å². The molecule has 0 radical (unpaired) electrons. The largest absolute Gasteiger partial charge is 0.352 e. The van der Waals surface area contributed by atoms with Crippen LogP contribution in [0, 0.1) is 0 Å². The summed E-state index contributed by atoms with van der Waals surface area (Å²) in [7, 11) is -3.55. The fraction of sp³-hybridized carbons (Fsp3) is 0.500. The van der Waals surface area contributed by atoms with Crippen LogP contribution in [0.4, 0.5) is 4.79 Å². The van der Waals surface area contributed by atoms with Crippen LogP contribution < -0.4 is 11.1 Å². The fourth-order valence-corrected chi connectivity index (χ4v) is 4.78. The van der Waals surface area contributed by atoms with Crippen LogP contribution in [0.2, 0.25) is 0 Å². The van der Waals surface area contributed by atoms with Gasteiger partial charge in [0.05, 0.1) is 11.4 Å². The van der Waals surface area contributed by atoms with Crippen molar-refractivity contribution in [1.29, 1.82) is 0 Å². The van der Waals surface area contributed by atoms with Gasteiger partial charge >= 0.3 is 6.03 Å². The second-order valence-corrected chi connectivity index (χ2v) is 8.22. The Morgan fingerprint density at radius 2 is 1.76 bits per heavy atom. The second kappa shape index (κ2) is 7.01. The van der Waals surface area contributed by atoms with Crippen LogP contribution in [-0.2, 0) is 27.7 Å². The van der Waals surface area contributed by atoms with Crippen molar-refractivity contribution in [2.45, 2.75) is 24.2 Å². The summed E-state index contributed by atoms with van der Waals surface area (Å²) in [5.74, 6) is -0.270. The number of hydrogen-bond acceptors (Lipinski definition) is 4. The summed E-state index contributed by atoms with van der Waals surface area (Å²) in [4.78, 5) is 24.5. The van der Waals surface area contributed by atoms with Crippen LogP contribution >= 0.6 is 0 Å². The first kappa shape index (κ1) is 17.7. The number of urea groups is 1. The van der Waals surface area contributed by atoms with E-state index in [1.807, 2.05) is 6.07 Å². The summed E-state index contributed by atoms with van der Waals surface area (Å²) in [5, 5.41) is 2.25. The highest BCUT2D eigenvalue weighted by Gasteiger charge is 2.30. The number of benzene rings is 1. The predicted molar refractivity (Wildman–Crippen MR) is 91.4 cm³/mol. The molecule has 1 heterocycles. The number of nitrogens with zero attached hydrogens (tertiary/aromatic N) is 2. The van der Waals surface area contributed by atoms with Crippen LogP contribution in [-0.4, -0.2) is 62.3 Å². The molecule has 3 rings (SSSR count). The molecule has 0 spiro atoms. The van der Waals surface area contributed by atoms with E-state index in [1.165, 1.54) is 14.8 Å². The Morgan fingerprint density at radius 1 is 1.08 bits per heavy atom. The zero-order valence-electron chi connectivity index (χ0n) is 13.9. The number of nitrogens with one attached hydrogen (secondary N) is 1. The number of fused-ring (bicyclic) bond motifs is 1. The maximum Gasteiger partial charge on any atom is 0.312 e. The zero-order chi connectivity index (χ0) is 18.0. The monoisotopic (exact) mass is 366 g/mol. The first-order valence-electron chi connectivity index (χ1n) is 8.31. The van der Waals surface area contributed by atoms with E-state index in [0.717, 1.165) is 24.8 Å². The molecule has 25 heavy (non-hydrogen) atoms. The van der Waals surface area contributed by atoms with Gasteiger partial charge in [0.15, 0.2) is 0 Å². The van der Waals surface area contributed by atoms with E-state index >= 15 is 0 Å². The molecule has 3 amide bonds. The third-order valence-corrected chi connectivity index (χ3v) is 6.61. The molecule has 136 valence electrons. The van der Waals surface area contributed by atoms with E-state index in [1.54, 1.807) is 12.1 Å². The molecule has 0 saturated carbocycles. The Balaban J connectivity index is 1.64. The second-order valence-electron chi connectivity index (χ2n) is 6.29. The van der Waals surface area contributed by atoms with E-state index in [-0.39, 0.29) is 25.5 Å². The molecule has 1 aliphatic heterocycles. The highest BCUT2D eigenvalue weighted by atomic mass is 32.2. The van der Waals surface area contributed by atoms with E-state index in [4.69, 9.17) is 5.73 Å². The van der Waals surface area contributed by atoms with Crippen molar-refractivity contribution >= 4 is 22.0 Å². The van der Waals surface area contributed by atoms with Gasteiger partial charge in [-0.15, -0.1) is 0 Å². The van der Waals surface area contributed by atoms with Crippen molar-refractivity contribution in [2.75, 3.05) is 32.7 Å². The minimum absolute atomic E-state index is 0.174. The molecule has 0 bridgehead atoms. The fourth-order valence-electron chi connectivity index (χ4n) is 3.31. The molecular weight excluding hydrogens is 344 g/mol. The van der Waals surface area contributed by atoms with Gasteiger partial charge in [-0.1, -0.05) is 6.07 Å². The number of piperazine rings is 1. The van der Waals surface area contributed by atoms with Gasteiger partial charge in [-0.25, -0.2) is 13.2 Å². The van der Waals surface area contributed by atoms with E-state index < -0.39 is 16.1 Å². The lowest BCUT2D eigenvalue weighted by atomic mass is 10.1. The number of sulfonamides is 1. The molecule has 1 aromatic carbocycles. The number of nitrogens with two attached hydrogens (primary N) is 1. The topological polar surface area (TPSA) is 113 Å². The van der Waals surface area contributed by atoms with E-state index in [2.05, 4.69) is 5.32 Å². The summed E-state index contributed by atoms with van der Waals surface area (Å²) >= 11 is 0. The Hall–Kier alpha value is -2.13. The van der Waals surface area contributed by atoms with Gasteiger partial charge in [-0.05, 0) is 42.5 Å². The van der Waals surface area contributed by atoms with Gasteiger partial charge in [-0.2, -0.15) is 4.31 Å². The minimum Gasteiger partial charge on any atom is -0.352 e. The molecule has 0 aromatic heterocycles. The highest BCUT2D eigenvalue weighted by Crippen LogP contribution is 2.26. The van der Waals surface area contributed by atoms with Crippen LogP contribution in [0.15, 0.2) is 23.1 Å². The number of carbonyl (C=O) groups excluding carboxylic acids is 2. The van der Waals surface area contributed by atoms with Crippen LogP contribution in [0.25, 0.3) is 0 Å². The van der Waals surface area contributed by atoms with Gasteiger partial charge < -0.3 is 16.0 Å². The molecule has 1 aliphatic carbocycles. The van der Waals surface area contributed by atoms with Crippen molar-refractivity contribution in [1.82, 2.24) is 14.5 Å². The lowest BCUT2D eigenvalue weighted by Gasteiger charge is -2.34. The molecule has 2 aliphatic rings. The number of aryl methyl sites for hydroxylation is 2. The summed E-state index contributed by atoms with van der Waals surface area (Å²) in [6.07, 6.45) is 3.00. The zero-order valence-corrected chi connectivity index (χ0v) is 14.7. The van der Waals surface area contributed by atoms with Gasteiger partial charge in [0.2, 0.25) is 15.9 Å². The Morgan fingerprint density at radius 3 is 2.44 bits per heavy atom. The third-order valence-electron chi connectivity index (χ3n) is 4.71. The molecule has 0 unspecified atom stereocenters. The Kier molecular flexibility index (Phi) is 4.96. The molecule has 1 fully saturated rings. The standard InChI is InChI=1S/C16H22N4O4S/c17-16(22)18-11-15(21)19-6-8-20(9-7-19)25(23,24)14-5-4-12-2-1-3-13(12)10-14/h4-5,10H,1-3,6-9,11H2,(H3,17,18,22). The quantitative estimate of drug-likeness (QED) is 0.760. The van der Waals surface area contributed by atoms with Gasteiger partial charge in [0.25, 0.3) is 0 Å². The Bertz CT molecular complexity index is 785. The molecule has 9 heteroatoms. The maximum atomic E-state index is 12.8. The van der Waals surface area contributed by atoms with Gasteiger partial charge in [0, 0.05) is 26.2 Å². The SMILES string of the molecule is NC(=O)NCC(=O)N1CCN(S(=O)(=O)c2ccc3c(c2)CCC3)CC1. The van der Waals surface area contributed by atoms with Crippen molar-refractivity contribution in [2.24, 2.45) is 5.73 Å². The number of hydrogen-bond donors (Lipinski definition) is 2. The Labute approximate surface area is 147 Å². The lowest BCUT2D eigenvalue weighted by molar-refractivity contribution is -0.131. The molecule has 8 nitrogen and oxygen atoms in total. The summed E-state index contributed by atoms with van der Waals surface area (Å²) in [6.45, 7) is 0.892. The molecule has 1 saturated heterocycles. The summed E-state index contributed by atoms with van der Waals surface area (Å²) in [5.41, 5.74) is 7.29. The van der Waals surface area contributed by atoms with Gasteiger partial charge in [-0.3, -0.25) is 4.79 Å². The summed E-state index contributed by atoms with van der Waals surface area (Å²) in [6, 6.07) is 4.61. The van der Waals surface area contributed by atoms with Crippen LogP contribution in [0.1, 0.15) is 17.5 Å². The lowest BCUT2D eigenvalue weighted by Crippen LogP contribution is -2.52. The van der Waals surface area contributed by atoms with E-state index in [9.17, 15) is 18.0 Å². The summed E-state index contributed by atoms with van der Waals surface area (Å²) < 4.78 is 27.1. The van der Waals surface area contributed by atoms with Crippen molar-refractivity contribution in [3.8, 4) is 0 Å². The molecule has 1 aromatic rings. The predicted octanol–water partition coefficient (Wildman–Crippen LogP) is -0.323. The first-order chi connectivity index (χ1) is 11.9.